The maximum atomic E-state index is 11.6. The van der Waals surface area contributed by atoms with Crippen LogP contribution in [-0.2, 0) is 4.74 Å². The second-order valence-electron chi connectivity index (χ2n) is 5.48. The average Bonchev–Trinajstić information content (AvgIpc) is 2.53. The zero-order valence-electron chi connectivity index (χ0n) is 12.6. The highest BCUT2D eigenvalue weighted by Crippen LogP contribution is 2.33. The fraction of sp³-hybridized carbons (Fsp3) is 0.467. The molecule has 7 nitrogen and oxygen atoms in total. The molecule has 1 aromatic carbocycles. The molecule has 7 heteroatoms. The van der Waals surface area contributed by atoms with Gasteiger partial charge in [0, 0.05) is 44.5 Å². The summed E-state index contributed by atoms with van der Waals surface area (Å²) in [4.78, 5) is 15.3. The van der Waals surface area contributed by atoms with E-state index >= 15 is 0 Å². The Labute approximate surface area is 129 Å². The van der Waals surface area contributed by atoms with Gasteiger partial charge in [-0.15, -0.1) is 0 Å². The third kappa shape index (κ3) is 2.77. The van der Waals surface area contributed by atoms with E-state index in [4.69, 9.17) is 4.74 Å². The monoisotopic (exact) mass is 304 g/mol. The van der Waals surface area contributed by atoms with Crippen LogP contribution in [0.15, 0.2) is 30.0 Å². The molecule has 22 heavy (non-hydrogen) atoms. The quantitative estimate of drug-likeness (QED) is 0.648. The number of nitrogens with one attached hydrogen (secondary N) is 1. The number of ether oxygens (including phenoxy) is 1. The number of nitrogens with zero attached hydrogens (tertiary/aromatic N) is 3. The van der Waals surface area contributed by atoms with Crippen LogP contribution in [0.5, 0.6) is 0 Å². The molecular formula is C15H20N4O3. The Kier molecular flexibility index (Phi) is 4.26. The van der Waals surface area contributed by atoms with Gasteiger partial charge in [0.1, 0.15) is 19.0 Å². The molecule has 3 rings (SSSR count). The van der Waals surface area contributed by atoms with E-state index in [1.165, 1.54) is 0 Å². The molecule has 1 N–H and O–H groups in total. The normalized spacial score (nSPS) is 22.8. The van der Waals surface area contributed by atoms with Gasteiger partial charge in [-0.05, 0) is 6.07 Å². The first-order valence-electron chi connectivity index (χ1n) is 7.40. The first-order chi connectivity index (χ1) is 10.7. The molecule has 0 amide bonds. The first-order valence-corrected chi connectivity index (χ1v) is 7.40. The van der Waals surface area contributed by atoms with Crippen molar-refractivity contribution < 1.29 is 9.66 Å². The Bertz CT molecular complexity index is 596. The topological polar surface area (TPSA) is 70.9 Å². The minimum atomic E-state index is -0.306. The highest BCUT2D eigenvalue weighted by molar-refractivity contribution is 5.77. The fourth-order valence-electron chi connectivity index (χ4n) is 2.96. The molecule has 1 aromatic rings. The Balaban J connectivity index is 2.16. The van der Waals surface area contributed by atoms with Gasteiger partial charge in [0.25, 0.3) is 5.70 Å². The van der Waals surface area contributed by atoms with Gasteiger partial charge in [-0.1, -0.05) is 18.2 Å². The van der Waals surface area contributed by atoms with E-state index in [0.717, 1.165) is 37.4 Å². The maximum Gasteiger partial charge on any atom is 0.295 e. The second kappa shape index (κ2) is 6.33. The van der Waals surface area contributed by atoms with E-state index in [2.05, 4.69) is 10.2 Å². The van der Waals surface area contributed by atoms with Crippen molar-refractivity contribution in [1.82, 2.24) is 10.2 Å². The predicted octanol–water partition coefficient (Wildman–Crippen LogP) is 0.961. The number of hydrogen-bond acceptors (Lipinski definition) is 6. The highest BCUT2D eigenvalue weighted by Gasteiger charge is 2.30. The van der Waals surface area contributed by atoms with E-state index in [-0.39, 0.29) is 17.2 Å². The van der Waals surface area contributed by atoms with Crippen molar-refractivity contribution in [2.24, 2.45) is 0 Å². The minimum absolute atomic E-state index is 0.0188. The smallest absolute Gasteiger partial charge is 0.295 e. The summed E-state index contributed by atoms with van der Waals surface area (Å²) < 4.78 is 5.52. The molecule has 2 aliphatic rings. The molecule has 0 saturated carbocycles. The van der Waals surface area contributed by atoms with Crippen molar-refractivity contribution in [2.45, 2.75) is 0 Å². The summed E-state index contributed by atoms with van der Waals surface area (Å²) in [5, 5.41) is 14.9. The van der Waals surface area contributed by atoms with E-state index < -0.39 is 0 Å². The lowest BCUT2D eigenvalue weighted by molar-refractivity contribution is -0.430. The Morgan fingerprint density at radius 1 is 1.27 bits per heavy atom. The molecule has 0 aromatic heterocycles. The van der Waals surface area contributed by atoms with Crippen molar-refractivity contribution in [2.75, 3.05) is 51.5 Å². The number of fused-ring (bicyclic) bond motifs is 1. The minimum Gasteiger partial charge on any atom is -0.363 e. The third-order valence-electron chi connectivity index (χ3n) is 4.02. The second-order valence-corrected chi connectivity index (χ2v) is 5.48. The number of rotatable bonds is 2. The van der Waals surface area contributed by atoms with Gasteiger partial charge in [0.05, 0.1) is 4.92 Å². The molecule has 0 aliphatic carbocycles. The molecular weight excluding hydrogens is 284 g/mol. The van der Waals surface area contributed by atoms with E-state index in [1.807, 2.05) is 36.2 Å². The van der Waals surface area contributed by atoms with E-state index in [1.54, 1.807) is 0 Å². The number of anilines is 1. The summed E-state index contributed by atoms with van der Waals surface area (Å²) in [5.74, 6) is 0. The molecule has 2 heterocycles. The maximum absolute atomic E-state index is 11.6. The van der Waals surface area contributed by atoms with Crippen molar-refractivity contribution in [3.8, 4) is 0 Å². The molecule has 0 unspecified atom stereocenters. The predicted molar refractivity (Wildman–Crippen MR) is 84.0 cm³/mol. The third-order valence-corrected chi connectivity index (χ3v) is 4.02. The van der Waals surface area contributed by atoms with Crippen molar-refractivity contribution in [3.63, 3.8) is 0 Å². The van der Waals surface area contributed by atoms with Gasteiger partial charge in [-0.2, -0.15) is 0 Å². The van der Waals surface area contributed by atoms with Gasteiger partial charge in [-0.25, -0.2) is 0 Å². The molecule has 1 fully saturated rings. The van der Waals surface area contributed by atoms with Crippen LogP contribution in [0.3, 0.4) is 0 Å². The van der Waals surface area contributed by atoms with Crippen LogP contribution >= 0.6 is 0 Å². The van der Waals surface area contributed by atoms with Gasteiger partial charge >= 0.3 is 0 Å². The van der Waals surface area contributed by atoms with Crippen LogP contribution in [0.2, 0.25) is 0 Å². The number of hydrogen-bond donors (Lipinski definition) is 1. The van der Waals surface area contributed by atoms with Crippen LogP contribution in [0.4, 0.5) is 5.69 Å². The summed E-state index contributed by atoms with van der Waals surface area (Å²) in [6, 6.07) is 7.80. The van der Waals surface area contributed by atoms with Crippen LogP contribution in [-0.4, -0.2) is 56.4 Å². The number of piperazine rings is 1. The number of para-hydroxylation sites is 1. The Morgan fingerprint density at radius 3 is 2.73 bits per heavy atom. The van der Waals surface area contributed by atoms with Crippen molar-refractivity contribution in [1.29, 1.82) is 0 Å². The fourth-order valence-corrected chi connectivity index (χ4v) is 2.96. The van der Waals surface area contributed by atoms with Gasteiger partial charge in [0.2, 0.25) is 0 Å². The lowest BCUT2D eigenvalue weighted by Crippen LogP contribution is -2.43. The van der Waals surface area contributed by atoms with Crippen LogP contribution in [0.25, 0.3) is 5.70 Å². The van der Waals surface area contributed by atoms with Crippen molar-refractivity contribution >= 4 is 11.4 Å². The average molecular weight is 304 g/mol. The largest absolute Gasteiger partial charge is 0.363 e. The molecule has 118 valence electrons. The zero-order chi connectivity index (χ0) is 15.5. The lowest BCUT2D eigenvalue weighted by atomic mass is 10.0. The van der Waals surface area contributed by atoms with E-state index in [0.29, 0.717) is 12.4 Å². The Hall–Kier alpha value is -2.12. The first kappa shape index (κ1) is 14.8. The lowest BCUT2D eigenvalue weighted by Gasteiger charge is -2.34. The highest BCUT2D eigenvalue weighted by atomic mass is 16.6. The molecule has 2 aliphatic heterocycles. The SMILES string of the molecule is CN1COC/C([N+](=O)[O-])=C(/N2CCNCC2)c2ccccc21. The summed E-state index contributed by atoms with van der Waals surface area (Å²) in [7, 11) is 1.94. The summed E-state index contributed by atoms with van der Waals surface area (Å²) >= 11 is 0. The molecule has 0 atom stereocenters. The molecule has 0 radical (unpaired) electrons. The van der Waals surface area contributed by atoms with Crippen LogP contribution in [0.1, 0.15) is 5.56 Å². The zero-order valence-corrected chi connectivity index (χ0v) is 12.6. The molecule has 0 spiro atoms. The summed E-state index contributed by atoms with van der Waals surface area (Å²) in [5.41, 5.74) is 2.69. The van der Waals surface area contributed by atoms with Gasteiger partial charge in [-0.3, -0.25) is 10.1 Å². The van der Waals surface area contributed by atoms with Gasteiger partial charge in [0.15, 0.2) is 0 Å². The van der Waals surface area contributed by atoms with Crippen LogP contribution in [0, 0.1) is 10.1 Å². The summed E-state index contributed by atoms with van der Waals surface area (Å²) in [6.07, 6.45) is 0. The van der Waals surface area contributed by atoms with E-state index in [9.17, 15) is 10.1 Å². The van der Waals surface area contributed by atoms with Crippen molar-refractivity contribution in [3.05, 3.63) is 45.6 Å². The molecule has 0 bridgehead atoms. The van der Waals surface area contributed by atoms with Crippen LogP contribution < -0.4 is 10.2 Å². The van der Waals surface area contributed by atoms with Gasteiger partial charge < -0.3 is 19.9 Å². The number of benzene rings is 1. The molecule has 1 saturated heterocycles. The number of nitro groups is 1. The Morgan fingerprint density at radius 2 is 2.00 bits per heavy atom. The standard InChI is InChI=1S/C15H20N4O3/c1-17-11-22-10-14(19(20)21)15(18-8-6-16-7-9-18)12-4-2-3-5-13(12)17/h2-5,16H,6-11H2,1H3/b15-14-. The summed E-state index contributed by atoms with van der Waals surface area (Å²) in [6.45, 7) is 3.52.